The molecule has 22 heavy (non-hydrogen) atoms. The van der Waals surface area contributed by atoms with Crippen molar-refractivity contribution in [2.45, 2.75) is 46.5 Å². The number of hydrogen-bond acceptors (Lipinski definition) is 2. The smallest absolute Gasteiger partial charge is 0.240 e. The second-order valence-corrected chi connectivity index (χ2v) is 7.07. The van der Waals surface area contributed by atoms with Crippen LogP contribution in [0.25, 0.3) is 0 Å². The zero-order valence-electron chi connectivity index (χ0n) is 14.2. The zero-order valence-corrected chi connectivity index (χ0v) is 14.2. The lowest BCUT2D eigenvalue weighted by molar-refractivity contribution is -0.125. The molecular weight excluding hydrogens is 276 g/mol. The molecule has 4 nitrogen and oxygen atoms in total. The molecule has 0 aliphatic carbocycles. The summed E-state index contributed by atoms with van der Waals surface area (Å²) in [6.45, 7) is 10.9. The third-order valence-electron chi connectivity index (χ3n) is 4.24. The molecule has 1 aromatic carbocycles. The van der Waals surface area contributed by atoms with Crippen LogP contribution < -0.4 is 10.2 Å². The van der Waals surface area contributed by atoms with Gasteiger partial charge < -0.3 is 10.2 Å². The molecule has 0 saturated heterocycles. The van der Waals surface area contributed by atoms with E-state index in [0.29, 0.717) is 12.5 Å². The van der Waals surface area contributed by atoms with E-state index in [0.717, 1.165) is 23.2 Å². The van der Waals surface area contributed by atoms with Gasteiger partial charge in [0.15, 0.2) is 0 Å². The highest BCUT2D eigenvalue weighted by Gasteiger charge is 2.44. The van der Waals surface area contributed by atoms with Gasteiger partial charge in [-0.05, 0) is 44.7 Å². The first-order valence-corrected chi connectivity index (χ1v) is 7.93. The molecular formula is C18H26N2O2. The minimum Gasteiger partial charge on any atom is -0.355 e. The number of nitrogens with zero attached hydrogens (tertiary/aromatic N) is 1. The standard InChI is InChI=1S/C18H26N2O2/c1-12(2)8-9-19-16(21)11-20-15-7-6-13(3)10-14(15)18(4,5)17(20)22/h6-7,10,12H,8-9,11H2,1-5H3,(H,19,21). The molecule has 1 aliphatic rings. The Kier molecular flexibility index (Phi) is 4.59. The summed E-state index contributed by atoms with van der Waals surface area (Å²) >= 11 is 0. The largest absolute Gasteiger partial charge is 0.355 e. The Morgan fingerprint density at radius 1 is 1.32 bits per heavy atom. The van der Waals surface area contributed by atoms with Gasteiger partial charge >= 0.3 is 0 Å². The summed E-state index contributed by atoms with van der Waals surface area (Å²) in [6.07, 6.45) is 0.945. The lowest BCUT2D eigenvalue weighted by atomic mass is 9.85. The topological polar surface area (TPSA) is 49.4 Å². The molecule has 0 radical (unpaired) electrons. The Balaban J connectivity index is 2.13. The summed E-state index contributed by atoms with van der Waals surface area (Å²) in [4.78, 5) is 26.4. The molecule has 0 spiro atoms. The lowest BCUT2D eigenvalue weighted by Gasteiger charge is -2.20. The number of rotatable bonds is 5. The quantitative estimate of drug-likeness (QED) is 0.909. The Bertz CT molecular complexity index is 591. The van der Waals surface area contributed by atoms with Crippen LogP contribution in [-0.2, 0) is 15.0 Å². The second-order valence-electron chi connectivity index (χ2n) is 7.07. The normalized spacial score (nSPS) is 16.1. The summed E-state index contributed by atoms with van der Waals surface area (Å²) < 4.78 is 0. The summed E-state index contributed by atoms with van der Waals surface area (Å²) in [7, 11) is 0. The van der Waals surface area contributed by atoms with Gasteiger partial charge in [-0.2, -0.15) is 0 Å². The van der Waals surface area contributed by atoms with Crippen LogP contribution in [-0.4, -0.2) is 24.9 Å². The predicted molar refractivity (Wildman–Crippen MR) is 89.0 cm³/mol. The maximum atomic E-state index is 12.7. The third-order valence-corrected chi connectivity index (χ3v) is 4.24. The average Bonchev–Trinajstić information content (AvgIpc) is 2.60. The van der Waals surface area contributed by atoms with E-state index in [4.69, 9.17) is 0 Å². The van der Waals surface area contributed by atoms with Crippen molar-refractivity contribution in [1.29, 1.82) is 0 Å². The van der Waals surface area contributed by atoms with Crippen molar-refractivity contribution in [3.63, 3.8) is 0 Å². The second kappa shape index (κ2) is 6.11. The number of amides is 2. The summed E-state index contributed by atoms with van der Waals surface area (Å²) in [6, 6.07) is 5.97. The van der Waals surface area contributed by atoms with E-state index in [1.807, 2.05) is 39.0 Å². The Hall–Kier alpha value is -1.84. The molecule has 0 unspecified atom stereocenters. The van der Waals surface area contributed by atoms with Crippen LogP contribution in [0.15, 0.2) is 18.2 Å². The number of carbonyl (C=O) groups excluding carboxylic acids is 2. The number of nitrogens with one attached hydrogen (secondary N) is 1. The number of carbonyl (C=O) groups is 2. The number of anilines is 1. The first-order valence-electron chi connectivity index (χ1n) is 7.93. The van der Waals surface area contributed by atoms with E-state index >= 15 is 0 Å². The molecule has 0 aromatic heterocycles. The SMILES string of the molecule is Cc1ccc2c(c1)C(C)(C)C(=O)N2CC(=O)NCCC(C)C. The number of hydrogen-bond donors (Lipinski definition) is 1. The molecule has 0 bridgehead atoms. The maximum Gasteiger partial charge on any atom is 0.240 e. The first-order chi connectivity index (χ1) is 10.2. The molecule has 2 amide bonds. The zero-order chi connectivity index (χ0) is 16.5. The average molecular weight is 302 g/mol. The Morgan fingerprint density at radius 3 is 2.64 bits per heavy atom. The van der Waals surface area contributed by atoms with E-state index < -0.39 is 5.41 Å². The van der Waals surface area contributed by atoms with Crippen molar-refractivity contribution < 1.29 is 9.59 Å². The van der Waals surface area contributed by atoms with E-state index in [9.17, 15) is 9.59 Å². The summed E-state index contributed by atoms with van der Waals surface area (Å²) in [5.41, 5.74) is 2.43. The van der Waals surface area contributed by atoms with E-state index in [1.165, 1.54) is 0 Å². The summed E-state index contributed by atoms with van der Waals surface area (Å²) in [5.74, 6) is 0.446. The van der Waals surface area contributed by atoms with Gasteiger partial charge in [0.05, 0.1) is 5.41 Å². The Labute approximate surface area is 132 Å². The maximum absolute atomic E-state index is 12.7. The van der Waals surface area contributed by atoms with E-state index in [-0.39, 0.29) is 18.4 Å². The minimum absolute atomic E-state index is 0.00731. The lowest BCUT2D eigenvalue weighted by Crippen LogP contribution is -2.43. The fraction of sp³-hybridized carbons (Fsp3) is 0.556. The van der Waals surface area contributed by atoms with Gasteiger partial charge in [-0.3, -0.25) is 9.59 Å². The van der Waals surface area contributed by atoms with E-state index in [1.54, 1.807) is 4.90 Å². The van der Waals surface area contributed by atoms with Gasteiger partial charge in [-0.25, -0.2) is 0 Å². The molecule has 0 fully saturated rings. The number of benzene rings is 1. The monoisotopic (exact) mass is 302 g/mol. The van der Waals surface area contributed by atoms with Crippen LogP contribution >= 0.6 is 0 Å². The Morgan fingerprint density at radius 2 is 2.00 bits per heavy atom. The van der Waals surface area contributed by atoms with Gasteiger partial charge in [-0.1, -0.05) is 31.5 Å². The van der Waals surface area contributed by atoms with Gasteiger partial charge in [0, 0.05) is 12.2 Å². The highest BCUT2D eigenvalue weighted by Crippen LogP contribution is 2.41. The molecule has 0 atom stereocenters. The van der Waals surface area contributed by atoms with Gasteiger partial charge in [0.2, 0.25) is 11.8 Å². The molecule has 0 saturated carbocycles. The molecule has 120 valence electrons. The molecule has 4 heteroatoms. The van der Waals surface area contributed by atoms with E-state index in [2.05, 4.69) is 19.2 Å². The van der Waals surface area contributed by atoms with Gasteiger partial charge in [-0.15, -0.1) is 0 Å². The van der Waals surface area contributed by atoms with Crippen molar-refractivity contribution in [2.75, 3.05) is 18.0 Å². The number of aryl methyl sites for hydroxylation is 1. The number of fused-ring (bicyclic) bond motifs is 1. The molecule has 1 heterocycles. The minimum atomic E-state index is -0.570. The third kappa shape index (κ3) is 3.16. The van der Waals surface area contributed by atoms with Crippen molar-refractivity contribution in [3.8, 4) is 0 Å². The van der Waals surface area contributed by atoms with Crippen LogP contribution in [0.4, 0.5) is 5.69 Å². The summed E-state index contributed by atoms with van der Waals surface area (Å²) in [5, 5.41) is 2.90. The van der Waals surface area contributed by atoms with Gasteiger partial charge in [0.1, 0.15) is 6.54 Å². The van der Waals surface area contributed by atoms with Crippen LogP contribution in [0.5, 0.6) is 0 Å². The van der Waals surface area contributed by atoms with Crippen molar-refractivity contribution >= 4 is 17.5 Å². The molecule has 1 aliphatic heterocycles. The van der Waals surface area contributed by atoms with Crippen LogP contribution in [0, 0.1) is 12.8 Å². The predicted octanol–water partition coefficient (Wildman–Crippen LogP) is 2.78. The van der Waals surface area contributed by atoms with Crippen molar-refractivity contribution in [1.82, 2.24) is 5.32 Å². The van der Waals surface area contributed by atoms with Crippen molar-refractivity contribution in [3.05, 3.63) is 29.3 Å². The molecule has 1 N–H and O–H groups in total. The highest BCUT2D eigenvalue weighted by atomic mass is 16.2. The molecule has 1 aromatic rings. The fourth-order valence-corrected chi connectivity index (χ4v) is 2.80. The van der Waals surface area contributed by atoms with Crippen LogP contribution in [0.2, 0.25) is 0 Å². The first kappa shape index (κ1) is 16.5. The highest BCUT2D eigenvalue weighted by molar-refractivity contribution is 6.10. The van der Waals surface area contributed by atoms with Crippen LogP contribution in [0.1, 0.15) is 45.2 Å². The van der Waals surface area contributed by atoms with Gasteiger partial charge in [0.25, 0.3) is 0 Å². The van der Waals surface area contributed by atoms with Crippen LogP contribution in [0.3, 0.4) is 0 Å². The van der Waals surface area contributed by atoms with Crippen molar-refractivity contribution in [2.24, 2.45) is 5.92 Å². The molecule has 2 rings (SSSR count). The fourth-order valence-electron chi connectivity index (χ4n) is 2.80.